The van der Waals surface area contributed by atoms with E-state index >= 15 is 0 Å². The van der Waals surface area contributed by atoms with Gasteiger partial charge >= 0.3 is 0 Å². The fraction of sp³-hybridized carbons (Fsp3) is 0.344. The van der Waals surface area contributed by atoms with Gasteiger partial charge < -0.3 is 20.2 Å². The average molecular weight is 559 g/mol. The lowest BCUT2D eigenvalue weighted by atomic mass is 10.0. The van der Waals surface area contributed by atoms with Gasteiger partial charge in [0.1, 0.15) is 6.04 Å². The second kappa shape index (κ2) is 13.6. The fourth-order valence-corrected chi connectivity index (χ4v) is 5.32. The van der Waals surface area contributed by atoms with Gasteiger partial charge in [-0.25, -0.2) is 0 Å². The van der Waals surface area contributed by atoms with Crippen LogP contribution in [-0.4, -0.2) is 65.0 Å². The van der Waals surface area contributed by atoms with Crippen molar-refractivity contribution in [3.8, 4) is 17.2 Å². The highest BCUT2D eigenvalue weighted by Gasteiger charge is 2.27. The highest BCUT2D eigenvalue weighted by atomic mass is 35.5. The zero-order valence-corrected chi connectivity index (χ0v) is 23.7. The van der Waals surface area contributed by atoms with Gasteiger partial charge in [-0.3, -0.25) is 9.59 Å². The number of aryl methyl sites for hydroxylation is 1. The smallest absolute Gasteiger partial charge is 0.246 e. The number of rotatable bonds is 10. The predicted octanol–water partition coefficient (Wildman–Crippen LogP) is 5.04. The molecule has 1 unspecified atom stereocenters. The molecule has 1 heterocycles. The van der Waals surface area contributed by atoms with Gasteiger partial charge in [-0.1, -0.05) is 48.0 Å². The van der Waals surface area contributed by atoms with Crippen molar-refractivity contribution in [1.29, 1.82) is 5.26 Å². The number of likely N-dealkylation sites (tertiary alicyclic amines) is 1. The molecule has 2 amide bonds. The number of hydrogen-bond donors (Lipinski definition) is 2. The number of nitriles is 1. The molecule has 1 aliphatic rings. The van der Waals surface area contributed by atoms with Crippen LogP contribution in [0, 0.1) is 18.3 Å². The summed E-state index contributed by atoms with van der Waals surface area (Å²) in [4.78, 5) is 30.4. The largest absolute Gasteiger partial charge is 0.392 e. The second-order valence-electron chi connectivity index (χ2n) is 10.4. The zero-order chi connectivity index (χ0) is 28.6. The number of β-amino-alcohol motifs (C(OH)–C–C–N with tert-alkyl or cyclic N) is 1. The summed E-state index contributed by atoms with van der Waals surface area (Å²) in [6, 6.07) is 22.4. The first-order valence-corrected chi connectivity index (χ1v) is 14.0. The van der Waals surface area contributed by atoms with E-state index in [4.69, 9.17) is 11.6 Å². The SMILES string of the molecule is Cc1cc(Cl)cc(NC(=O)C(C)N(CCc2ccc(-c3cccc(C#N)c3)cc2)C(=O)CCN2CC[C@H](O)C2)c1. The number of amides is 2. The van der Waals surface area contributed by atoms with Crippen molar-refractivity contribution < 1.29 is 14.7 Å². The molecule has 0 radical (unpaired) electrons. The Balaban J connectivity index is 1.45. The quantitative estimate of drug-likeness (QED) is 0.363. The Hall–Kier alpha value is -3.70. The van der Waals surface area contributed by atoms with Crippen LogP contribution in [-0.2, 0) is 16.0 Å². The normalized spacial score (nSPS) is 15.8. The van der Waals surface area contributed by atoms with Crippen LogP contribution in [0.1, 0.15) is 36.5 Å². The van der Waals surface area contributed by atoms with Gasteiger partial charge in [-0.15, -0.1) is 0 Å². The van der Waals surface area contributed by atoms with E-state index < -0.39 is 6.04 Å². The van der Waals surface area contributed by atoms with Gasteiger partial charge in [0.25, 0.3) is 0 Å². The Morgan fingerprint density at radius 1 is 1.15 bits per heavy atom. The minimum Gasteiger partial charge on any atom is -0.392 e. The van der Waals surface area contributed by atoms with Gasteiger partial charge in [-0.2, -0.15) is 5.26 Å². The van der Waals surface area contributed by atoms with Crippen molar-refractivity contribution in [3.63, 3.8) is 0 Å². The van der Waals surface area contributed by atoms with Crippen LogP contribution in [0.3, 0.4) is 0 Å². The summed E-state index contributed by atoms with van der Waals surface area (Å²) in [5.41, 5.74) is 5.15. The zero-order valence-electron chi connectivity index (χ0n) is 22.9. The molecule has 3 aromatic carbocycles. The predicted molar refractivity (Wildman–Crippen MR) is 158 cm³/mol. The highest BCUT2D eigenvalue weighted by molar-refractivity contribution is 6.31. The Kier molecular flexibility index (Phi) is 9.94. The fourth-order valence-electron chi connectivity index (χ4n) is 5.03. The monoisotopic (exact) mass is 558 g/mol. The van der Waals surface area contributed by atoms with E-state index in [9.17, 15) is 20.0 Å². The van der Waals surface area contributed by atoms with Gasteiger partial charge in [0.2, 0.25) is 11.8 Å². The molecule has 0 aliphatic carbocycles. The number of aliphatic hydroxyl groups excluding tert-OH is 1. The summed E-state index contributed by atoms with van der Waals surface area (Å²) in [5, 5.41) is 22.5. The molecule has 0 spiro atoms. The topological polar surface area (TPSA) is 96.7 Å². The van der Waals surface area contributed by atoms with E-state index in [-0.39, 0.29) is 24.3 Å². The standard InChI is InChI=1S/C32H35ClN4O3/c1-22-16-28(33)19-29(17-22)35-32(40)23(2)37(31(39)12-14-36-13-11-30(38)21-36)15-10-24-6-8-26(9-7-24)27-5-3-4-25(18-27)20-34/h3-9,16-19,23,30,38H,10-15,21H2,1-2H3,(H,35,40)/t23?,30-/m0/s1. The minimum absolute atomic E-state index is 0.101. The van der Waals surface area contributed by atoms with E-state index in [0.29, 0.717) is 48.7 Å². The summed E-state index contributed by atoms with van der Waals surface area (Å²) in [6.07, 6.45) is 1.23. The summed E-state index contributed by atoms with van der Waals surface area (Å²) in [6.45, 7) is 5.92. The number of hydrogen-bond acceptors (Lipinski definition) is 5. The van der Waals surface area contributed by atoms with Crippen molar-refractivity contribution in [2.45, 2.75) is 45.3 Å². The van der Waals surface area contributed by atoms with Crippen molar-refractivity contribution in [2.24, 2.45) is 0 Å². The van der Waals surface area contributed by atoms with Crippen molar-refractivity contribution >= 4 is 29.1 Å². The van der Waals surface area contributed by atoms with Gasteiger partial charge in [-0.05, 0) is 79.3 Å². The average Bonchev–Trinajstić information content (AvgIpc) is 3.36. The Morgan fingerprint density at radius 3 is 2.60 bits per heavy atom. The molecule has 1 fully saturated rings. The minimum atomic E-state index is -0.691. The molecule has 7 nitrogen and oxygen atoms in total. The first-order chi connectivity index (χ1) is 19.2. The van der Waals surface area contributed by atoms with E-state index in [2.05, 4.69) is 16.3 Å². The third-order valence-corrected chi connectivity index (χ3v) is 7.50. The van der Waals surface area contributed by atoms with Gasteiger partial charge in [0.05, 0.1) is 17.7 Å². The maximum Gasteiger partial charge on any atom is 0.246 e. The van der Waals surface area contributed by atoms with Gasteiger partial charge in [0.15, 0.2) is 0 Å². The number of carbonyl (C=O) groups is 2. The maximum absolute atomic E-state index is 13.4. The summed E-state index contributed by atoms with van der Waals surface area (Å²) >= 11 is 6.17. The molecular weight excluding hydrogens is 524 g/mol. The second-order valence-corrected chi connectivity index (χ2v) is 10.8. The molecule has 0 aromatic heterocycles. The van der Waals surface area contributed by atoms with Crippen LogP contribution in [0.15, 0.2) is 66.7 Å². The number of halogens is 1. The third-order valence-electron chi connectivity index (χ3n) is 7.29. The Morgan fingerprint density at radius 2 is 1.93 bits per heavy atom. The molecule has 40 heavy (non-hydrogen) atoms. The molecule has 2 N–H and O–H groups in total. The van der Waals surface area contributed by atoms with Crippen molar-refractivity contribution in [2.75, 3.05) is 31.5 Å². The van der Waals surface area contributed by atoms with Crippen LogP contribution < -0.4 is 5.32 Å². The van der Waals surface area contributed by atoms with Crippen LogP contribution >= 0.6 is 11.6 Å². The number of aliphatic hydroxyl groups is 1. The molecule has 4 rings (SSSR count). The van der Waals surface area contributed by atoms with Crippen LogP contribution in [0.25, 0.3) is 11.1 Å². The molecule has 3 aromatic rings. The van der Waals surface area contributed by atoms with Crippen LogP contribution in [0.4, 0.5) is 5.69 Å². The number of nitrogens with zero attached hydrogens (tertiary/aromatic N) is 3. The van der Waals surface area contributed by atoms with Crippen LogP contribution in [0.2, 0.25) is 5.02 Å². The molecule has 0 saturated carbocycles. The Labute approximate surface area is 241 Å². The number of nitrogens with one attached hydrogen (secondary N) is 1. The van der Waals surface area contributed by atoms with Crippen molar-refractivity contribution in [1.82, 2.24) is 9.80 Å². The molecule has 1 aliphatic heterocycles. The molecule has 1 saturated heterocycles. The molecule has 208 valence electrons. The maximum atomic E-state index is 13.4. The summed E-state index contributed by atoms with van der Waals surface area (Å²) in [7, 11) is 0. The number of benzene rings is 3. The summed E-state index contributed by atoms with van der Waals surface area (Å²) in [5.74, 6) is -0.379. The van der Waals surface area contributed by atoms with E-state index in [1.807, 2.05) is 61.5 Å². The van der Waals surface area contributed by atoms with Crippen molar-refractivity contribution in [3.05, 3.63) is 88.4 Å². The number of anilines is 1. The van der Waals surface area contributed by atoms with E-state index in [1.54, 1.807) is 24.0 Å². The molecule has 2 atom stereocenters. The third kappa shape index (κ3) is 7.92. The van der Waals surface area contributed by atoms with Gasteiger partial charge in [0, 0.05) is 43.3 Å². The summed E-state index contributed by atoms with van der Waals surface area (Å²) < 4.78 is 0. The molecular formula is C32H35ClN4O3. The first kappa shape index (κ1) is 29.3. The van der Waals surface area contributed by atoms with E-state index in [0.717, 1.165) is 28.8 Å². The number of carbonyl (C=O) groups excluding carboxylic acids is 2. The highest BCUT2D eigenvalue weighted by Crippen LogP contribution is 2.22. The lowest BCUT2D eigenvalue weighted by molar-refractivity contribution is -0.138. The Bertz CT molecular complexity index is 1370. The first-order valence-electron chi connectivity index (χ1n) is 13.6. The van der Waals surface area contributed by atoms with E-state index in [1.165, 1.54) is 0 Å². The lowest BCUT2D eigenvalue weighted by Gasteiger charge is -2.29. The van der Waals surface area contributed by atoms with Crippen LogP contribution in [0.5, 0.6) is 0 Å². The molecule has 0 bridgehead atoms. The molecule has 8 heteroatoms. The lowest BCUT2D eigenvalue weighted by Crippen LogP contribution is -2.47.